The molecule has 28 heavy (non-hydrogen) atoms. The fraction of sp³-hybridized carbons (Fsp3) is 0.450. The van der Waals surface area contributed by atoms with Gasteiger partial charge in [-0.2, -0.15) is 0 Å². The number of esters is 1. The average molecular weight is 405 g/mol. The first-order valence-corrected chi connectivity index (χ1v) is 10.2. The molecule has 1 aromatic carbocycles. The Kier molecular flexibility index (Phi) is 8.25. The Labute approximate surface area is 169 Å². The highest BCUT2D eigenvalue weighted by Crippen LogP contribution is 2.24. The van der Waals surface area contributed by atoms with E-state index in [9.17, 15) is 9.90 Å². The summed E-state index contributed by atoms with van der Waals surface area (Å²) < 4.78 is 5.08. The second-order valence-corrected chi connectivity index (χ2v) is 7.26. The molecule has 1 atom stereocenters. The summed E-state index contributed by atoms with van der Waals surface area (Å²) in [6, 6.07) is 7.08. The van der Waals surface area contributed by atoms with Crippen molar-refractivity contribution < 1.29 is 14.6 Å². The largest absolute Gasteiger partial charge is 0.508 e. The molecule has 0 aliphatic rings. The number of carbonyl (C=O) groups is 1. The molecule has 0 aliphatic heterocycles. The molecule has 0 saturated carbocycles. The van der Waals surface area contributed by atoms with E-state index in [4.69, 9.17) is 4.74 Å². The third-order valence-corrected chi connectivity index (χ3v) is 5.24. The molecule has 0 spiro atoms. The number of hydrogen-bond donors (Lipinski definition) is 3. The molecule has 1 heterocycles. The Morgan fingerprint density at radius 1 is 1.39 bits per heavy atom. The molecule has 2 aromatic rings. The fourth-order valence-corrected chi connectivity index (χ4v) is 3.55. The Hall–Kier alpha value is -2.61. The number of aromatic nitrogens is 1. The van der Waals surface area contributed by atoms with E-state index in [0.717, 1.165) is 23.5 Å². The first kappa shape index (κ1) is 21.7. The van der Waals surface area contributed by atoms with Crippen molar-refractivity contribution in [2.75, 3.05) is 19.7 Å². The molecule has 1 unspecified atom stereocenters. The minimum Gasteiger partial charge on any atom is -0.508 e. The molecule has 0 bridgehead atoms. The predicted octanol–water partition coefficient (Wildman–Crippen LogP) is 3.19. The number of rotatable bonds is 8. The highest BCUT2D eigenvalue weighted by Gasteiger charge is 2.20. The summed E-state index contributed by atoms with van der Waals surface area (Å²) in [5.41, 5.74) is 1.71. The van der Waals surface area contributed by atoms with Crippen LogP contribution in [-0.4, -0.2) is 41.7 Å². The highest BCUT2D eigenvalue weighted by atomic mass is 32.1. The van der Waals surface area contributed by atoms with Gasteiger partial charge in [-0.05, 0) is 51.8 Å². The Balaban J connectivity index is 2.02. The third-order valence-electron chi connectivity index (χ3n) is 3.92. The molecule has 0 radical (unpaired) electrons. The molecule has 8 heteroatoms. The van der Waals surface area contributed by atoms with E-state index in [0.29, 0.717) is 29.7 Å². The van der Waals surface area contributed by atoms with Crippen LogP contribution in [0, 0.1) is 6.92 Å². The first-order chi connectivity index (χ1) is 13.4. The standard InChI is InChI=1S/C20H28N4O3S/c1-5-21-20(22-11-10-15-8-7-9-16(25)12-15)24-14(4)18-23-13(3)17(28-18)19(26)27-6-2/h7-9,12,14,25H,5-6,10-11H2,1-4H3,(H2,21,22,24). The molecule has 3 N–H and O–H groups in total. The van der Waals surface area contributed by atoms with Crippen LogP contribution in [0.2, 0.25) is 0 Å². The number of ether oxygens (including phenoxy) is 1. The van der Waals surface area contributed by atoms with Gasteiger partial charge in [0.25, 0.3) is 0 Å². The summed E-state index contributed by atoms with van der Waals surface area (Å²) in [6.45, 7) is 9.24. The number of thiazole rings is 1. The van der Waals surface area contributed by atoms with Crippen LogP contribution in [0.15, 0.2) is 29.3 Å². The summed E-state index contributed by atoms with van der Waals surface area (Å²) in [6.07, 6.45) is 0.725. The van der Waals surface area contributed by atoms with E-state index >= 15 is 0 Å². The van der Waals surface area contributed by atoms with Crippen molar-refractivity contribution >= 4 is 23.3 Å². The topological polar surface area (TPSA) is 95.8 Å². The number of hydrogen-bond acceptors (Lipinski definition) is 6. The number of benzene rings is 1. The van der Waals surface area contributed by atoms with Crippen molar-refractivity contribution in [1.82, 2.24) is 15.6 Å². The van der Waals surface area contributed by atoms with E-state index < -0.39 is 0 Å². The fourth-order valence-electron chi connectivity index (χ4n) is 2.58. The quantitative estimate of drug-likeness (QED) is 0.355. The van der Waals surface area contributed by atoms with Gasteiger partial charge < -0.3 is 20.5 Å². The molecule has 152 valence electrons. The maximum Gasteiger partial charge on any atom is 0.350 e. The van der Waals surface area contributed by atoms with Crippen molar-refractivity contribution in [3.8, 4) is 5.75 Å². The van der Waals surface area contributed by atoms with Gasteiger partial charge in [0.2, 0.25) is 0 Å². The van der Waals surface area contributed by atoms with Crippen LogP contribution in [0.1, 0.15) is 52.7 Å². The Bertz CT molecular complexity index is 820. The highest BCUT2D eigenvalue weighted by molar-refractivity contribution is 7.13. The number of phenols is 1. The maximum absolute atomic E-state index is 12.0. The zero-order chi connectivity index (χ0) is 20.5. The molecule has 2 rings (SSSR count). The molecule has 0 aliphatic carbocycles. The van der Waals surface area contributed by atoms with Gasteiger partial charge in [-0.15, -0.1) is 11.3 Å². The van der Waals surface area contributed by atoms with Crippen LogP contribution in [0.3, 0.4) is 0 Å². The van der Waals surface area contributed by atoms with E-state index in [-0.39, 0.29) is 17.8 Å². The van der Waals surface area contributed by atoms with E-state index in [1.165, 1.54) is 11.3 Å². The van der Waals surface area contributed by atoms with Crippen molar-refractivity contribution in [3.05, 3.63) is 45.4 Å². The number of phenolic OH excluding ortho intramolecular Hbond substituents is 1. The van der Waals surface area contributed by atoms with Crippen LogP contribution in [0.5, 0.6) is 5.75 Å². The maximum atomic E-state index is 12.0. The number of aromatic hydroxyl groups is 1. The summed E-state index contributed by atoms with van der Waals surface area (Å²) in [5.74, 6) is 0.611. The first-order valence-electron chi connectivity index (χ1n) is 9.41. The zero-order valence-electron chi connectivity index (χ0n) is 16.8. The molecule has 0 fully saturated rings. The Morgan fingerprint density at radius 2 is 2.18 bits per heavy atom. The van der Waals surface area contributed by atoms with Gasteiger partial charge >= 0.3 is 5.97 Å². The lowest BCUT2D eigenvalue weighted by molar-refractivity contribution is 0.0531. The molecule has 0 amide bonds. The van der Waals surface area contributed by atoms with E-state index in [1.54, 1.807) is 19.1 Å². The van der Waals surface area contributed by atoms with Crippen LogP contribution < -0.4 is 10.6 Å². The lowest BCUT2D eigenvalue weighted by Crippen LogP contribution is -2.38. The van der Waals surface area contributed by atoms with Gasteiger partial charge in [0.05, 0.1) is 18.3 Å². The SMILES string of the molecule is CCNC(=NCCc1cccc(O)c1)NC(C)c1nc(C)c(C(=O)OCC)s1. The van der Waals surface area contributed by atoms with Gasteiger partial charge in [-0.1, -0.05) is 12.1 Å². The van der Waals surface area contributed by atoms with Crippen molar-refractivity contribution in [2.45, 2.75) is 40.2 Å². The van der Waals surface area contributed by atoms with Gasteiger partial charge in [0.15, 0.2) is 5.96 Å². The van der Waals surface area contributed by atoms with Gasteiger partial charge in [0.1, 0.15) is 15.6 Å². The lowest BCUT2D eigenvalue weighted by Gasteiger charge is -2.16. The molecule has 0 saturated heterocycles. The van der Waals surface area contributed by atoms with Crippen molar-refractivity contribution in [3.63, 3.8) is 0 Å². The average Bonchev–Trinajstić information content (AvgIpc) is 3.04. The predicted molar refractivity (Wildman–Crippen MR) is 112 cm³/mol. The van der Waals surface area contributed by atoms with Crippen LogP contribution >= 0.6 is 11.3 Å². The van der Waals surface area contributed by atoms with Gasteiger partial charge in [0, 0.05) is 13.1 Å². The summed E-state index contributed by atoms with van der Waals surface area (Å²) in [7, 11) is 0. The molecular formula is C20H28N4O3S. The van der Waals surface area contributed by atoms with Crippen molar-refractivity contribution in [1.29, 1.82) is 0 Å². The number of aliphatic imine (C=N–C) groups is 1. The summed E-state index contributed by atoms with van der Waals surface area (Å²) >= 11 is 1.34. The minimum atomic E-state index is -0.331. The molecular weight excluding hydrogens is 376 g/mol. The van der Waals surface area contributed by atoms with E-state index in [2.05, 4.69) is 20.6 Å². The number of guanidine groups is 1. The second-order valence-electron chi connectivity index (χ2n) is 6.23. The number of carbonyl (C=O) groups excluding carboxylic acids is 1. The summed E-state index contributed by atoms with van der Waals surface area (Å²) in [5, 5.41) is 16.9. The van der Waals surface area contributed by atoms with E-state index in [1.807, 2.05) is 32.9 Å². The Morgan fingerprint density at radius 3 is 2.86 bits per heavy atom. The summed E-state index contributed by atoms with van der Waals surface area (Å²) in [4.78, 5) is 21.6. The monoisotopic (exact) mass is 404 g/mol. The minimum absolute atomic E-state index is 0.106. The van der Waals surface area contributed by atoms with Crippen LogP contribution in [0.25, 0.3) is 0 Å². The normalized spacial score (nSPS) is 12.5. The number of nitrogens with one attached hydrogen (secondary N) is 2. The van der Waals surface area contributed by atoms with Crippen molar-refractivity contribution in [2.24, 2.45) is 4.99 Å². The molecule has 1 aromatic heterocycles. The van der Waals surface area contributed by atoms with Gasteiger partial charge in [-0.3, -0.25) is 4.99 Å². The zero-order valence-corrected chi connectivity index (χ0v) is 17.6. The second kappa shape index (κ2) is 10.7. The molecule has 7 nitrogen and oxygen atoms in total. The van der Waals surface area contributed by atoms with Crippen LogP contribution in [-0.2, 0) is 11.2 Å². The van der Waals surface area contributed by atoms with Crippen LogP contribution in [0.4, 0.5) is 0 Å². The lowest BCUT2D eigenvalue weighted by atomic mass is 10.1. The number of nitrogens with zero attached hydrogens (tertiary/aromatic N) is 2. The number of aryl methyl sites for hydroxylation is 1. The van der Waals surface area contributed by atoms with Gasteiger partial charge in [-0.25, -0.2) is 9.78 Å². The third kappa shape index (κ3) is 6.23. The smallest absolute Gasteiger partial charge is 0.350 e.